The first-order chi connectivity index (χ1) is 22.7. The van der Waals surface area contributed by atoms with Gasteiger partial charge in [0.1, 0.15) is 11.2 Å². The third-order valence-corrected chi connectivity index (χ3v) is 9.74. The molecule has 0 amide bonds. The van der Waals surface area contributed by atoms with Gasteiger partial charge in [0.05, 0.1) is 0 Å². The number of hydrogen-bond acceptors (Lipinski definition) is 2. The van der Waals surface area contributed by atoms with Crippen LogP contribution in [0.4, 0.5) is 0 Å². The van der Waals surface area contributed by atoms with Crippen molar-refractivity contribution in [2.45, 2.75) is 90.9 Å². The summed E-state index contributed by atoms with van der Waals surface area (Å²) in [6.07, 6.45) is 15.4. The van der Waals surface area contributed by atoms with E-state index >= 15 is 0 Å². The molecule has 234 valence electrons. The molecule has 2 heteroatoms. The highest BCUT2D eigenvalue weighted by molar-refractivity contribution is 6.19. The van der Waals surface area contributed by atoms with E-state index in [1.165, 1.54) is 97.6 Å². The summed E-state index contributed by atoms with van der Waals surface area (Å²) in [7, 11) is 0. The van der Waals surface area contributed by atoms with Crippen LogP contribution in [0.15, 0.2) is 106 Å². The Kier molecular flexibility index (Phi) is 9.24. The van der Waals surface area contributed by atoms with Gasteiger partial charge in [0.2, 0.25) is 0 Å². The Morgan fingerprint density at radius 2 is 0.804 bits per heavy atom. The molecule has 2 nitrogen and oxygen atoms in total. The fraction of sp³-hybridized carbons (Fsp3) is 0.318. The first-order valence-corrected chi connectivity index (χ1v) is 17.7. The molecule has 0 fully saturated rings. The summed E-state index contributed by atoms with van der Waals surface area (Å²) in [4.78, 5) is 0. The van der Waals surface area contributed by atoms with Crippen molar-refractivity contribution in [1.29, 1.82) is 0 Å². The van der Waals surface area contributed by atoms with E-state index in [4.69, 9.17) is 8.83 Å². The van der Waals surface area contributed by atoms with E-state index in [1.807, 2.05) is 0 Å². The van der Waals surface area contributed by atoms with E-state index in [-0.39, 0.29) is 0 Å². The number of benzene rings is 5. The number of fused-ring (bicyclic) bond motifs is 7. The van der Waals surface area contributed by atoms with Crippen molar-refractivity contribution in [1.82, 2.24) is 0 Å². The number of furan rings is 2. The number of aryl methyl sites for hydroxylation is 2. The van der Waals surface area contributed by atoms with Gasteiger partial charge in [-0.1, -0.05) is 126 Å². The summed E-state index contributed by atoms with van der Waals surface area (Å²) in [6, 6.07) is 35.7. The van der Waals surface area contributed by atoms with Crippen molar-refractivity contribution >= 4 is 43.9 Å². The second-order valence-corrected chi connectivity index (χ2v) is 13.2. The van der Waals surface area contributed by atoms with Crippen molar-refractivity contribution in [3.05, 3.63) is 108 Å². The second-order valence-electron chi connectivity index (χ2n) is 13.2. The van der Waals surface area contributed by atoms with Crippen molar-refractivity contribution in [2.24, 2.45) is 0 Å². The smallest absolute Gasteiger partial charge is 0.178 e. The Morgan fingerprint density at radius 3 is 1.26 bits per heavy atom. The predicted octanol–water partition coefficient (Wildman–Crippen LogP) is 13.8. The molecule has 0 aliphatic rings. The molecule has 0 saturated carbocycles. The van der Waals surface area contributed by atoms with Crippen LogP contribution in [0.25, 0.3) is 66.1 Å². The number of rotatable bonds is 14. The summed E-state index contributed by atoms with van der Waals surface area (Å²) in [6.45, 7) is 4.54. The van der Waals surface area contributed by atoms with E-state index < -0.39 is 0 Å². The molecule has 46 heavy (non-hydrogen) atoms. The molecular weight excluding hydrogens is 560 g/mol. The lowest BCUT2D eigenvalue weighted by atomic mass is 9.98. The highest BCUT2D eigenvalue weighted by Crippen LogP contribution is 2.40. The van der Waals surface area contributed by atoms with Gasteiger partial charge >= 0.3 is 0 Å². The molecule has 0 N–H and O–H groups in total. The van der Waals surface area contributed by atoms with Crippen molar-refractivity contribution < 1.29 is 8.83 Å². The Morgan fingerprint density at radius 1 is 0.391 bits per heavy atom. The molecule has 0 aliphatic carbocycles. The standard InChI is InChI=1S/C44H46O2/c1-3-5-7-9-11-15-31-17-13-19-33(27-31)35-21-23-37-39-25-26-40-38-24-22-36(30-42(38)46-44(40)43(39)45-41(37)29-35)34-20-14-18-32(28-34)16-12-10-8-6-4-2/h13-14,17-30H,3-12,15-16H2,1-2H3. The first kappa shape index (κ1) is 30.4. The predicted molar refractivity (Wildman–Crippen MR) is 197 cm³/mol. The highest BCUT2D eigenvalue weighted by atomic mass is 16.4. The molecule has 5 aromatic carbocycles. The molecule has 0 radical (unpaired) electrons. The van der Waals surface area contributed by atoms with E-state index in [2.05, 4.69) is 111 Å². The van der Waals surface area contributed by atoms with Gasteiger partial charge in [-0.25, -0.2) is 0 Å². The van der Waals surface area contributed by atoms with Crippen LogP contribution in [-0.4, -0.2) is 0 Å². The molecule has 0 bridgehead atoms. The topological polar surface area (TPSA) is 26.3 Å². The van der Waals surface area contributed by atoms with Crippen molar-refractivity contribution in [3.8, 4) is 22.3 Å². The highest BCUT2D eigenvalue weighted by Gasteiger charge is 2.17. The van der Waals surface area contributed by atoms with E-state index in [9.17, 15) is 0 Å². The Hall–Kier alpha value is -4.30. The van der Waals surface area contributed by atoms with Crippen molar-refractivity contribution in [2.75, 3.05) is 0 Å². The third kappa shape index (κ3) is 6.36. The van der Waals surface area contributed by atoms with Crippen molar-refractivity contribution in [3.63, 3.8) is 0 Å². The van der Waals surface area contributed by atoms with Gasteiger partial charge in [-0.15, -0.1) is 0 Å². The van der Waals surface area contributed by atoms with Crippen LogP contribution in [-0.2, 0) is 12.8 Å². The van der Waals surface area contributed by atoms with Crippen LogP contribution in [0.1, 0.15) is 89.2 Å². The van der Waals surface area contributed by atoms with Crippen LogP contribution in [0, 0.1) is 0 Å². The molecule has 0 saturated heterocycles. The quantitative estimate of drug-likeness (QED) is 0.115. The molecule has 0 unspecified atom stereocenters. The molecule has 7 aromatic rings. The summed E-state index contributed by atoms with van der Waals surface area (Å²) in [5, 5.41) is 4.45. The third-order valence-electron chi connectivity index (χ3n) is 9.74. The van der Waals surface area contributed by atoms with E-state index in [0.717, 1.165) is 56.7 Å². The Balaban J connectivity index is 1.17. The Labute approximate surface area is 273 Å². The largest absolute Gasteiger partial charge is 0.452 e. The van der Waals surface area contributed by atoms with Gasteiger partial charge in [0.25, 0.3) is 0 Å². The average molecular weight is 607 g/mol. The molecule has 2 heterocycles. The minimum absolute atomic E-state index is 0.827. The van der Waals surface area contributed by atoms with Gasteiger partial charge in [0, 0.05) is 21.5 Å². The lowest BCUT2D eigenvalue weighted by molar-refractivity contribution is 0.632. The minimum Gasteiger partial charge on any atom is -0.452 e. The Bertz CT molecular complexity index is 1940. The summed E-state index contributed by atoms with van der Waals surface area (Å²) >= 11 is 0. The van der Waals surface area contributed by atoms with Gasteiger partial charge in [0.15, 0.2) is 11.2 Å². The molecule has 7 rings (SSSR count). The number of hydrogen-bond donors (Lipinski definition) is 0. The number of unbranched alkanes of at least 4 members (excludes halogenated alkanes) is 8. The first-order valence-electron chi connectivity index (χ1n) is 17.7. The van der Waals surface area contributed by atoms with E-state index in [1.54, 1.807) is 0 Å². The second kappa shape index (κ2) is 14.0. The zero-order valence-electron chi connectivity index (χ0n) is 27.5. The van der Waals surface area contributed by atoms with Crippen LogP contribution in [0.5, 0.6) is 0 Å². The van der Waals surface area contributed by atoms with Gasteiger partial charge in [-0.05, 0) is 95.5 Å². The molecular formula is C44H46O2. The maximum absolute atomic E-state index is 6.59. The summed E-state index contributed by atoms with van der Waals surface area (Å²) in [5.74, 6) is 0. The summed E-state index contributed by atoms with van der Waals surface area (Å²) in [5.41, 5.74) is 11.1. The van der Waals surface area contributed by atoms with E-state index in [0.29, 0.717) is 0 Å². The molecule has 0 atom stereocenters. The zero-order chi connectivity index (χ0) is 31.3. The van der Waals surface area contributed by atoms with Gasteiger partial charge < -0.3 is 8.83 Å². The maximum atomic E-state index is 6.59. The normalized spacial score (nSPS) is 11.9. The maximum Gasteiger partial charge on any atom is 0.178 e. The molecule has 2 aromatic heterocycles. The van der Waals surface area contributed by atoms with Gasteiger partial charge in [-0.3, -0.25) is 0 Å². The van der Waals surface area contributed by atoms with Crippen LogP contribution >= 0.6 is 0 Å². The van der Waals surface area contributed by atoms with Crippen LogP contribution < -0.4 is 0 Å². The summed E-state index contributed by atoms with van der Waals surface area (Å²) < 4.78 is 13.2. The SMILES string of the molecule is CCCCCCCc1cccc(-c2ccc3c(c2)oc2c3ccc3c4ccc(-c5cccc(CCCCCCC)c5)cc4oc32)c1. The van der Waals surface area contributed by atoms with Crippen LogP contribution in [0.2, 0.25) is 0 Å². The lowest BCUT2D eigenvalue weighted by Gasteiger charge is -2.06. The molecule has 0 aliphatic heterocycles. The lowest BCUT2D eigenvalue weighted by Crippen LogP contribution is -1.87. The zero-order valence-corrected chi connectivity index (χ0v) is 27.5. The van der Waals surface area contributed by atoms with Crippen LogP contribution in [0.3, 0.4) is 0 Å². The minimum atomic E-state index is 0.827. The van der Waals surface area contributed by atoms with Gasteiger partial charge in [-0.2, -0.15) is 0 Å². The monoisotopic (exact) mass is 606 g/mol. The fourth-order valence-electron chi connectivity index (χ4n) is 7.11. The fourth-order valence-corrected chi connectivity index (χ4v) is 7.11. The molecule has 0 spiro atoms. The average Bonchev–Trinajstić information content (AvgIpc) is 3.66.